The van der Waals surface area contributed by atoms with E-state index in [1.165, 1.54) is 12.3 Å². The number of H-pyrrole nitrogens is 1. The van der Waals surface area contributed by atoms with E-state index >= 15 is 0 Å². The van der Waals surface area contributed by atoms with Crippen LogP contribution in [0.4, 0.5) is 5.69 Å². The summed E-state index contributed by atoms with van der Waals surface area (Å²) in [5.41, 5.74) is 4.91. The number of hydrazine groups is 1. The third-order valence-corrected chi connectivity index (χ3v) is 2.26. The van der Waals surface area contributed by atoms with Gasteiger partial charge in [0.15, 0.2) is 0 Å². The van der Waals surface area contributed by atoms with Gasteiger partial charge >= 0.3 is 5.69 Å². The number of aromatic amines is 1. The SMILES string of the molecule is COc1ccc(NNn2c(=O)cc[nH]c2=O)cc1. The molecule has 7 heteroatoms. The van der Waals surface area contributed by atoms with Crippen LogP contribution in [0.15, 0.2) is 46.1 Å². The number of benzene rings is 1. The highest BCUT2D eigenvalue weighted by Crippen LogP contribution is 2.13. The van der Waals surface area contributed by atoms with Gasteiger partial charge in [-0.1, -0.05) is 0 Å². The lowest BCUT2D eigenvalue weighted by atomic mass is 10.3. The minimum absolute atomic E-state index is 0.459. The van der Waals surface area contributed by atoms with Crippen molar-refractivity contribution in [2.75, 3.05) is 18.1 Å². The van der Waals surface area contributed by atoms with Crippen molar-refractivity contribution in [1.82, 2.24) is 9.66 Å². The van der Waals surface area contributed by atoms with Crippen molar-refractivity contribution in [1.29, 1.82) is 0 Å². The number of nitrogens with zero attached hydrogens (tertiary/aromatic N) is 1. The summed E-state index contributed by atoms with van der Waals surface area (Å²) in [5, 5.41) is 0. The van der Waals surface area contributed by atoms with Gasteiger partial charge in [0.2, 0.25) is 0 Å². The average molecular weight is 248 g/mol. The van der Waals surface area contributed by atoms with E-state index in [9.17, 15) is 9.59 Å². The Hall–Kier alpha value is -2.70. The van der Waals surface area contributed by atoms with Gasteiger partial charge in [-0.05, 0) is 24.3 Å². The Morgan fingerprint density at radius 2 is 1.89 bits per heavy atom. The first-order chi connectivity index (χ1) is 8.70. The smallest absolute Gasteiger partial charge is 0.348 e. The van der Waals surface area contributed by atoms with Crippen LogP contribution in [0.5, 0.6) is 5.75 Å². The fraction of sp³-hybridized carbons (Fsp3) is 0.0909. The van der Waals surface area contributed by atoms with Crippen molar-refractivity contribution < 1.29 is 4.74 Å². The molecule has 0 aliphatic rings. The summed E-state index contributed by atoms with van der Waals surface area (Å²) in [5.74, 6) is 0.718. The van der Waals surface area contributed by atoms with Crippen LogP contribution in [-0.2, 0) is 0 Å². The molecular weight excluding hydrogens is 236 g/mol. The Labute approximate surface area is 102 Å². The molecule has 3 N–H and O–H groups in total. The molecule has 0 saturated heterocycles. The highest BCUT2D eigenvalue weighted by atomic mass is 16.5. The van der Waals surface area contributed by atoms with Crippen molar-refractivity contribution >= 4 is 5.69 Å². The molecule has 1 aromatic carbocycles. The zero-order valence-electron chi connectivity index (χ0n) is 9.64. The summed E-state index contributed by atoms with van der Waals surface area (Å²) < 4.78 is 5.84. The second kappa shape index (κ2) is 5.09. The van der Waals surface area contributed by atoms with Gasteiger partial charge in [0.05, 0.1) is 12.8 Å². The van der Waals surface area contributed by atoms with E-state index in [2.05, 4.69) is 15.9 Å². The number of rotatable bonds is 4. The van der Waals surface area contributed by atoms with Crippen molar-refractivity contribution in [3.63, 3.8) is 0 Å². The Balaban J connectivity index is 2.11. The summed E-state index contributed by atoms with van der Waals surface area (Å²) in [6.07, 6.45) is 1.29. The maximum absolute atomic E-state index is 11.4. The van der Waals surface area contributed by atoms with Gasteiger partial charge < -0.3 is 9.72 Å². The molecule has 2 rings (SSSR count). The molecule has 0 aliphatic heterocycles. The molecule has 0 atom stereocenters. The molecule has 0 unspecified atom stereocenters. The Bertz CT molecular complexity index is 601. The number of hydrogen-bond acceptors (Lipinski definition) is 5. The van der Waals surface area contributed by atoms with E-state index < -0.39 is 11.2 Å². The predicted octanol–water partition coefficient (Wildman–Crippen LogP) is 0.116. The highest BCUT2D eigenvalue weighted by Gasteiger charge is 1.98. The molecule has 1 aromatic heterocycles. The van der Waals surface area contributed by atoms with E-state index in [1.807, 2.05) is 0 Å². The molecule has 0 bridgehead atoms. The first-order valence-corrected chi connectivity index (χ1v) is 5.17. The number of hydrogen-bond donors (Lipinski definition) is 3. The zero-order chi connectivity index (χ0) is 13.0. The van der Waals surface area contributed by atoms with Gasteiger partial charge in [0.1, 0.15) is 5.75 Å². The van der Waals surface area contributed by atoms with Crippen molar-refractivity contribution in [3.05, 3.63) is 57.4 Å². The normalized spacial score (nSPS) is 9.83. The summed E-state index contributed by atoms with van der Waals surface area (Å²) >= 11 is 0. The molecule has 0 spiro atoms. The maximum Gasteiger partial charge on any atom is 0.348 e. The highest BCUT2D eigenvalue weighted by molar-refractivity contribution is 5.46. The molecule has 1 heterocycles. The van der Waals surface area contributed by atoms with E-state index in [0.29, 0.717) is 5.69 Å². The quantitative estimate of drug-likeness (QED) is 0.669. The predicted molar refractivity (Wildman–Crippen MR) is 67.3 cm³/mol. The third-order valence-electron chi connectivity index (χ3n) is 2.26. The molecular formula is C11H12N4O3. The van der Waals surface area contributed by atoms with Crippen LogP contribution in [0.2, 0.25) is 0 Å². The first-order valence-electron chi connectivity index (χ1n) is 5.17. The molecule has 0 radical (unpaired) electrons. The van der Waals surface area contributed by atoms with Gasteiger partial charge in [0.25, 0.3) is 5.56 Å². The van der Waals surface area contributed by atoms with Crippen LogP contribution in [0.1, 0.15) is 0 Å². The second-order valence-corrected chi connectivity index (χ2v) is 3.42. The molecule has 0 saturated carbocycles. The van der Waals surface area contributed by atoms with Crippen molar-refractivity contribution in [3.8, 4) is 5.75 Å². The third kappa shape index (κ3) is 2.51. The topological polar surface area (TPSA) is 88.2 Å². The van der Waals surface area contributed by atoms with Crippen LogP contribution in [0.3, 0.4) is 0 Å². The van der Waals surface area contributed by atoms with Gasteiger partial charge in [-0.25, -0.2) is 10.3 Å². The molecule has 2 aromatic rings. The van der Waals surface area contributed by atoms with Gasteiger partial charge in [-0.2, -0.15) is 4.68 Å². The lowest BCUT2D eigenvalue weighted by Crippen LogP contribution is -2.42. The summed E-state index contributed by atoms with van der Waals surface area (Å²) in [6, 6.07) is 8.23. The standard InChI is InChI=1S/C11H12N4O3/c1-18-9-4-2-8(3-5-9)13-14-15-10(16)6-7-12-11(15)17/h2-7,13-14H,1H3,(H,12,17). The van der Waals surface area contributed by atoms with Crippen LogP contribution < -0.4 is 26.9 Å². The molecule has 18 heavy (non-hydrogen) atoms. The van der Waals surface area contributed by atoms with Crippen LogP contribution >= 0.6 is 0 Å². The Kier molecular flexibility index (Phi) is 3.33. The van der Waals surface area contributed by atoms with Crippen LogP contribution in [0.25, 0.3) is 0 Å². The van der Waals surface area contributed by atoms with E-state index in [-0.39, 0.29) is 0 Å². The first kappa shape index (κ1) is 11.8. The lowest BCUT2D eigenvalue weighted by molar-refractivity contribution is 0.415. The van der Waals surface area contributed by atoms with Crippen LogP contribution in [-0.4, -0.2) is 16.8 Å². The monoisotopic (exact) mass is 248 g/mol. The number of nitrogens with one attached hydrogen (secondary N) is 3. The zero-order valence-corrected chi connectivity index (χ0v) is 9.64. The fourth-order valence-electron chi connectivity index (χ4n) is 1.32. The summed E-state index contributed by atoms with van der Waals surface area (Å²) in [4.78, 5) is 25.1. The number of ether oxygens (including phenoxy) is 1. The van der Waals surface area contributed by atoms with Crippen molar-refractivity contribution in [2.45, 2.75) is 0 Å². The summed E-state index contributed by atoms with van der Waals surface area (Å²) in [6.45, 7) is 0. The second-order valence-electron chi connectivity index (χ2n) is 3.42. The fourth-order valence-corrected chi connectivity index (χ4v) is 1.32. The van der Waals surface area contributed by atoms with E-state index in [1.54, 1.807) is 31.4 Å². The molecule has 94 valence electrons. The molecule has 7 nitrogen and oxygen atoms in total. The Morgan fingerprint density at radius 3 is 2.50 bits per heavy atom. The number of anilines is 1. The number of aromatic nitrogens is 2. The lowest BCUT2D eigenvalue weighted by Gasteiger charge is -2.10. The minimum Gasteiger partial charge on any atom is -0.497 e. The Morgan fingerprint density at radius 1 is 1.17 bits per heavy atom. The van der Waals surface area contributed by atoms with Gasteiger partial charge in [-0.15, -0.1) is 0 Å². The molecule has 0 aliphatic carbocycles. The molecule has 0 amide bonds. The largest absolute Gasteiger partial charge is 0.497 e. The maximum atomic E-state index is 11.4. The average Bonchev–Trinajstić information content (AvgIpc) is 2.39. The molecule has 0 fully saturated rings. The number of methoxy groups -OCH3 is 1. The van der Waals surface area contributed by atoms with Crippen molar-refractivity contribution in [2.24, 2.45) is 0 Å². The van der Waals surface area contributed by atoms with Crippen LogP contribution in [0, 0.1) is 0 Å². The summed E-state index contributed by atoms with van der Waals surface area (Å²) in [7, 11) is 1.57. The van der Waals surface area contributed by atoms with Gasteiger partial charge in [-0.3, -0.25) is 10.2 Å². The van der Waals surface area contributed by atoms with E-state index in [4.69, 9.17) is 4.74 Å². The minimum atomic E-state index is -0.552. The van der Waals surface area contributed by atoms with Gasteiger partial charge in [0, 0.05) is 12.3 Å². The van der Waals surface area contributed by atoms with E-state index in [0.717, 1.165) is 10.4 Å².